The monoisotopic (exact) mass is 172 g/mol. The molecule has 0 aliphatic carbocycles. The Balaban J connectivity index is 3.98. The molecule has 0 aromatic carbocycles. The second kappa shape index (κ2) is 5.44. The van der Waals surface area contributed by atoms with E-state index < -0.39 is 0 Å². The lowest BCUT2D eigenvalue weighted by molar-refractivity contribution is 0.268. The van der Waals surface area contributed by atoms with Crippen LogP contribution < -0.4 is 0 Å². The summed E-state index contributed by atoms with van der Waals surface area (Å²) in [6.45, 7) is 7.46. The van der Waals surface area contributed by atoms with Gasteiger partial charge >= 0.3 is 0 Å². The number of thiol groups is 1. The van der Waals surface area contributed by atoms with Gasteiger partial charge in [0.25, 0.3) is 0 Å². The number of hydrogen-bond donors (Lipinski definition) is 2. The third-order valence-corrected chi connectivity index (χ3v) is 2.21. The number of aliphatic hydroxyl groups is 1. The van der Waals surface area contributed by atoms with Crippen LogP contribution in [0.15, 0.2) is 25.3 Å². The van der Waals surface area contributed by atoms with E-state index in [1.807, 2.05) is 12.2 Å². The molecule has 0 amide bonds. The summed E-state index contributed by atoms with van der Waals surface area (Å²) in [5.41, 5.74) is 0. The van der Waals surface area contributed by atoms with E-state index in [0.717, 1.165) is 12.8 Å². The van der Waals surface area contributed by atoms with E-state index in [1.165, 1.54) is 0 Å². The Morgan fingerprint density at radius 2 is 1.73 bits per heavy atom. The van der Waals surface area contributed by atoms with Crippen molar-refractivity contribution < 1.29 is 5.11 Å². The lowest BCUT2D eigenvalue weighted by Gasteiger charge is -2.24. The third kappa shape index (κ3) is 4.27. The fraction of sp³-hybridized carbons (Fsp3) is 0.556. The molecule has 0 saturated heterocycles. The van der Waals surface area contributed by atoms with Crippen LogP contribution in [-0.2, 0) is 0 Å². The SMILES string of the molecule is C=CCC(S)(CC=C)CCO. The van der Waals surface area contributed by atoms with Gasteiger partial charge in [0, 0.05) is 11.4 Å². The zero-order valence-electron chi connectivity index (χ0n) is 6.79. The first kappa shape index (κ1) is 10.8. The number of aliphatic hydroxyl groups excluding tert-OH is 1. The summed E-state index contributed by atoms with van der Waals surface area (Å²) in [6.07, 6.45) is 5.96. The fourth-order valence-corrected chi connectivity index (χ4v) is 1.39. The highest BCUT2D eigenvalue weighted by Gasteiger charge is 2.20. The van der Waals surface area contributed by atoms with Gasteiger partial charge < -0.3 is 5.11 Å². The highest BCUT2D eigenvalue weighted by Crippen LogP contribution is 2.28. The molecule has 0 aliphatic heterocycles. The quantitative estimate of drug-likeness (QED) is 0.465. The Morgan fingerprint density at radius 1 is 1.27 bits per heavy atom. The number of hydrogen-bond acceptors (Lipinski definition) is 2. The molecule has 0 heterocycles. The maximum atomic E-state index is 8.74. The maximum Gasteiger partial charge on any atom is 0.0444 e. The molecule has 1 nitrogen and oxygen atoms in total. The molecule has 0 aliphatic rings. The topological polar surface area (TPSA) is 20.2 Å². The molecule has 2 heteroatoms. The molecule has 0 saturated carbocycles. The lowest BCUT2D eigenvalue weighted by atomic mass is 9.97. The number of allylic oxidation sites excluding steroid dienone is 2. The van der Waals surface area contributed by atoms with Gasteiger partial charge in [-0.2, -0.15) is 12.6 Å². The van der Waals surface area contributed by atoms with E-state index in [1.54, 1.807) is 0 Å². The van der Waals surface area contributed by atoms with Crippen molar-refractivity contribution in [2.45, 2.75) is 24.0 Å². The molecule has 0 radical (unpaired) electrons. The average molecular weight is 172 g/mol. The molecule has 0 rings (SSSR count). The van der Waals surface area contributed by atoms with Crippen molar-refractivity contribution >= 4 is 12.6 Å². The van der Waals surface area contributed by atoms with Gasteiger partial charge in [-0.05, 0) is 19.3 Å². The van der Waals surface area contributed by atoms with Gasteiger partial charge in [0.05, 0.1) is 0 Å². The molecule has 0 unspecified atom stereocenters. The van der Waals surface area contributed by atoms with E-state index >= 15 is 0 Å². The molecular weight excluding hydrogens is 156 g/mol. The predicted molar refractivity (Wildman–Crippen MR) is 53.0 cm³/mol. The summed E-state index contributed by atoms with van der Waals surface area (Å²) in [4.78, 5) is 0. The molecule has 0 fully saturated rings. The molecule has 0 spiro atoms. The lowest BCUT2D eigenvalue weighted by Crippen LogP contribution is -2.21. The van der Waals surface area contributed by atoms with Crippen molar-refractivity contribution in [1.82, 2.24) is 0 Å². The first-order chi connectivity index (χ1) is 5.18. The summed E-state index contributed by atoms with van der Waals surface area (Å²) in [7, 11) is 0. The van der Waals surface area contributed by atoms with Crippen molar-refractivity contribution in [3.8, 4) is 0 Å². The maximum absolute atomic E-state index is 8.74. The van der Waals surface area contributed by atoms with E-state index in [0.29, 0.717) is 6.42 Å². The van der Waals surface area contributed by atoms with Crippen LogP contribution in [0.3, 0.4) is 0 Å². The highest BCUT2D eigenvalue weighted by molar-refractivity contribution is 7.81. The van der Waals surface area contributed by atoms with Gasteiger partial charge in [0.15, 0.2) is 0 Å². The Bertz CT molecular complexity index is 122. The molecular formula is C9H16OS. The molecule has 0 aromatic rings. The fourth-order valence-electron chi connectivity index (χ4n) is 1.03. The second-order valence-corrected chi connectivity index (χ2v) is 3.63. The Hall–Kier alpha value is -0.210. The molecule has 0 bridgehead atoms. The summed E-state index contributed by atoms with van der Waals surface area (Å²) in [5, 5.41) is 8.74. The Morgan fingerprint density at radius 3 is 2.00 bits per heavy atom. The zero-order chi connectivity index (χ0) is 8.74. The zero-order valence-corrected chi connectivity index (χ0v) is 7.69. The Kier molecular flexibility index (Phi) is 5.34. The predicted octanol–water partition coefficient (Wildman–Crippen LogP) is 2.19. The third-order valence-electron chi connectivity index (χ3n) is 1.63. The standard InChI is InChI=1S/C9H16OS/c1-3-5-9(11,6-4-2)7-8-10/h3-4,10-11H,1-2,5-8H2. The van der Waals surface area contributed by atoms with Crippen LogP contribution in [0.25, 0.3) is 0 Å². The largest absolute Gasteiger partial charge is 0.396 e. The van der Waals surface area contributed by atoms with Crippen LogP contribution in [0.4, 0.5) is 0 Å². The summed E-state index contributed by atoms with van der Waals surface area (Å²) in [6, 6.07) is 0. The summed E-state index contributed by atoms with van der Waals surface area (Å²) in [5.74, 6) is 0. The average Bonchev–Trinajstić information content (AvgIpc) is 1.88. The van der Waals surface area contributed by atoms with Crippen molar-refractivity contribution in [2.75, 3.05) is 6.61 Å². The molecule has 0 aromatic heterocycles. The minimum absolute atomic E-state index is 0.141. The van der Waals surface area contributed by atoms with Gasteiger partial charge in [0.2, 0.25) is 0 Å². The van der Waals surface area contributed by atoms with Gasteiger partial charge in [-0.25, -0.2) is 0 Å². The molecule has 11 heavy (non-hydrogen) atoms. The normalized spacial score (nSPS) is 11.1. The van der Waals surface area contributed by atoms with Crippen molar-refractivity contribution in [1.29, 1.82) is 0 Å². The van der Waals surface area contributed by atoms with E-state index in [4.69, 9.17) is 5.11 Å². The van der Waals surface area contributed by atoms with E-state index in [2.05, 4.69) is 25.8 Å². The van der Waals surface area contributed by atoms with Crippen LogP contribution in [0.2, 0.25) is 0 Å². The van der Waals surface area contributed by atoms with Gasteiger partial charge in [-0.3, -0.25) is 0 Å². The molecule has 64 valence electrons. The minimum Gasteiger partial charge on any atom is -0.396 e. The molecule has 1 N–H and O–H groups in total. The number of rotatable bonds is 6. The summed E-state index contributed by atoms with van der Waals surface area (Å²) >= 11 is 4.46. The van der Waals surface area contributed by atoms with E-state index in [9.17, 15) is 0 Å². The Labute approximate surface area is 74.2 Å². The minimum atomic E-state index is -0.141. The van der Waals surface area contributed by atoms with Gasteiger partial charge in [-0.1, -0.05) is 12.2 Å². The highest BCUT2D eigenvalue weighted by atomic mass is 32.1. The molecule has 0 atom stereocenters. The van der Waals surface area contributed by atoms with Crippen molar-refractivity contribution in [2.24, 2.45) is 0 Å². The second-order valence-electron chi connectivity index (χ2n) is 2.68. The van der Waals surface area contributed by atoms with Crippen LogP contribution in [0.1, 0.15) is 19.3 Å². The first-order valence-corrected chi connectivity index (χ1v) is 4.18. The van der Waals surface area contributed by atoms with Gasteiger partial charge in [0.1, 0.15) is 0 Å². The van der Waals surface area contributed by atoms with Gasteiger partial charge in [-0.15, -0.1) is 13.2 Å². The van der Waals surface area contributed by atoms with Crippen LogP contribution in [0, 0.1) is 0 Å². The van der Waals surface area contributed by atoms with Crippen LogP contribution >= 0.6 is 12.6 Å². The van der Waals surface area contributed by atoms with Crippen LogP contribution in [-0.4, -0.2) is 16.5 Å². The smallest absolute Gasteiger partial charge is 0.0444 e. The first-order valence-electron chi connectivity index (χ1n) is 3.73. The van der Waals surface area contributed by atoms with Crippen molar-refractivity contribution in [3.05, 3.63) is 25.3 Å². The summed E-state index contributed by atoms with van der Waals surface area (Å²) < 4.78 is -0.141. The van der Waals surface area contributed by atoms with E-state index in [-0.39, 0.29) is 11.4 Å². The van der Waals surface area contributed by atoms with Crippen molar-refractivity contribution in [3.63, 3.8) is 0 Å². The van der Waals surface area contributed by atoms with Crippen LogP contribution in [0.5, 0.6) is 0 Å².